The lowest BCUT2D eigenvalue weighted by Gasteiger charge is -2.28. The third kappa shape index (κ3) is 2.98. The van der Waals surface area contributed by atoms with Crippen LogP contribution >= 0.6 is 0 Å². The zero-order valence-electron chi connectivity index (χ0n) is 11.9. The molecule has 1 fully saturated rings. The van der Waals surface area contributed by atoms with Crippen molar-refractivity contribution in [3.63, 3.8) is 0 Å². The second-order valence-corrected chi connectivity index (χ2v) is 5.28. The molecule has 2 unspecified atom stereocenters. The Bertz CT molecular complexity index is 493. The molecule has 0 spiro atoms. The van der Waals surface area contributed by atoms with Crippen molar-refractivity contribution in [2.45, 2.75) is 38.6 Å². The number of likely N-dealkylation sites (N-methyl/N-ethyl adjacent to an activating group) is 1. The smallest absolute Gasteiger partial charge is 0.251 e. The molecule has 5 heteroatoms. The summed E-state index contributed by atoms with van der Waals surface area (Å²) in [4.78, 5) is 36.6. The molecule has 108 valence electrons. The second kappa shape index (κ2) is 6.03. The number of carbonyl (C=O) groups is 3. The number of likely N-dealkylation sites (tertiary alicyclic amines) is 1. The van der Waals surface area contributed by atoms with Gasteiger partial charge in [-0.05, 0) is 25.2 Å². The van der Waals surface area contributed by atoms with Crippen LogP contribution in [0.15, 0.2) is 23.8 Å². The Morgan fingerprint density at radius 2 is 2.20 bits per heavy atom. The van der Waals surface area contributed by atoms with E-state index in [-0.39, 0.29) is 17.7 Å². The van der Waals surface area contributed by atoms with Crippen molar-refractivity contribution < 1.29 is 14.4 Å². The highest BCUT2D eigenvalue weighted by molar-refractivity contribution is 6.04. The third-order valence-corrected chi connectivity index (χ3v) is 3.89. The van der Waals surface area contributed by atoms with Crippen molar-refractivity contribution in [1.29, 1.82) is 0 Å². The SMILES string of the molecule is CCC1C=C(C(=O)NC2CCC(=O)N(C)C2=O)C=CC1. The number of amides is 3. The van der Waals surface area contributed by atoms with Crippen LogP contribution in [-0.4, -0.2) is 35.7 Å². The topological polar surface area (TPSA) is 66.5 Å². The molecular weight excluding hydrogens is 256 g/mol. The first-order valence-electron chi connectivity index (χ1n) is 7.02. The van der Waals surface area contributed by atoms with Crippen molar-refractivity contribution in [2.24, 2.45) is 5.92 Å². The van der Waals surface area contributed by atoms with Gasteiger partial charge in [-0.25, -0.2) is 0 Å². The van der Waals surface area contributed by atoms with Crippen molar-refractivity contribution in [2.75, 3.05) is 7.05 Å². The summed E-state index contributed by atoms with van der Waals surface area (Å²) >= 11 is 0. The fourth-order valence-corrected chi connectivity index (χ4v) is 2.47. The Labute approximate surface area is 118 Å². The summed E-state index contributed by atoms with van der Waals surface area (Å²) in [7, 11) is 1.45. The van der Waals surface area contributed by atoms with E-state index in [2.05, 4.69) is 12.2 Å². The van der Waals surface area contributed by atoms with E-state index in [0.717, 1.165) is 17.7 Å². The molecule has 3 amide bonds. The van der Waals surface area contributed by atoms with Gasteiger partial charge in [0.25, 0.3) is 11.8 Å². The van der Waals surface area contributed by atoms with Gasteiger partial charge in [0, 0.05) is 19.0 Å². The number of hydrogen-bond donors (Lipinski definition) is 1. The molecular formula is C15H20N2O3. The number of nitrogens with one attached hydrogen (secondary N) is 1. The average Bonchev–Trinajstić information content (AvgIpc) is 2.48. The predicted octanol–water partition coefficient (Wildman–Crippen LogP) is 1.16. The van der Waals surface area contributed by atoms with Gasteiger partial charge in [0.1, 0.15) is 6.04 Å². The van der Waals surface area contributed by atoms with Crippen LogP contribution in [0.5, 0.6) is 0 Å². The summed E-state index contributed by atoms with van der Waals surface area (Å²) < 4.78 is 0. The van der Waals surface area contributed by atoms with E-state index >= 15 is 0 Å². The Kier molecular flexibility index (Phi) is 4.37. The largest absolute Gasteiger partial charge is 0.340 e. The Hall–Kier alpha value is -1.91. The molecule has 20 heavy (non-hydrogen) atoms. The zero-order chi connectivity index (χ0) is 14.7. The van der Waals surface area contributed by atoms with Crippen LogP contribution in [0.1, 0.15) is 32.6 Å². The van der Waals surface area contributed by atoms with Crippen LogP contribution in [0, 0.1) is 5.92 Å². The summed E-state index contributed by atoms with van der Waals surface area (Å²) in [5.74, 6) is -0.377. The Balaban J connectivity index is 2.01. The molecule has 1 aliphatic heterocycles. The lowest BCUT2D eigenvalue weighted by Crippen LogP contribution is -2.53. The summed E-state index contributed by atoms with van der Waals surface area (Å²) in [6.07, 6.45) is 8.35. The normalized spacial score (nSPS) is 26.5. The van der Waals surface area contributed by atoms with E-state index in [4.69, 9.17) is 0 Å². The maximum Gasteiger partial charge on any atom is 0.251 e. The second-order valence-electron chi connectivity index (χ2n) is 5.28. The predicted molar refractivity (Wildman–Crippen MR) is 74.6 cm³/mol. The maximum atomic E-state index is 12.2. The molecule has 0 aromatic heterocycles. The molecule has 2 aliphatic rings. The van der Waals surface area contributed by atoms with Crippen molar-refractivity contribution in [1.82, 2.24) is 10.2 Å². The molecule has 0 aromatic rings. The van der Waals surface area contributed by atoms with E-state index < -0.39 is 6.04 Å². The first-order chi connectivity index (χ1) is 9.52. The van der Waals surface area contributed by atoms with Gasteiger partial charge < -0.3 is 5.32 Å². The third-order valence-electron chi connectivity index (χ3n) is 3.89. The first-order valence-corrected chi connectivity index (χ1v) is 7.02. The first kappa shape index (κ1) is 14.5. The molecule has 1 heterocycles. The van der Waals surface area contributed by atoms with Gasteiger partial charge in [-0.3, -0.25) is 19.3 Å². The average molecular weight is 276 g/mol. The van der Waals surface area contributed by atoms with Crippen molar-refractivity contribution in [3.8, 4) is 0 Å². The molecule has 0 aromatic carbocycles. The number of rotatable bonds is 3. The van der Waals surface area contributed by atoms with Crippen molar-refractivity contribution >= 4 is 17.7 Å². The van der Waals surface area contributed by atoms with Gasteiger partial charge >= 0.3 is 0 Å². The minimum Gasteiger partial charge on any atom is -0.340 e. The van der Waals surface area contributed by atoms with Gasteiger partial charge in [-0.2, -0.15) is 0 Å². The molecule has 2 atom stereocenters. The fraction of sp³-hybridized carbons (Fsp3) is 0.533. The molecule has 2 rings (SSSR count). The number of carbonyl (C=O) groups excluding carboxylic acids is 3. The molecule has 1 saturated heterocycles. The van der Waals surface area contributed by atoms with Gasteiger partial charge in [-0.1, -0.05) is 25.2 Å². The fourth-order valence-electron chi connectivity index (χ4n) is 2.47. The van der Waals surface area contributed by atoms with Crippen LogP contribution in [-0.2, 0) is 14.4 Å². The zero-order valence-corrected chi connectivity index (χ0v) is 11.9. The van der Waals surface area contributed by atoms with E-state index in [0.29, 0.717) is 24.3 Å². The van der Waals surface area contributed by atoms with Crippen LogP contribution in [0.3, 0.4) is 0 Å². The quantitative estimate of drug-likeness (QED) is 0.787. The minimum absolute atomic E-state index is 0.191. The number of allylic oxidation sites excluding steroid dienone is 2. The highest BCUT2D eigenvalue weighted by atomic mass is 16.2. The molecule has 0 radical (unpaired) electrons. The molecule has 5 nitrogen and oxygen atoms in total. The van der Waals surface area contributed by atoms with Crippen LogP contribution in [0.4, 0.5) is 0 Å². The van der Waals surface area contributed by atoms with E-state index in [9.17, 15) is 14.4 Å². The maximum absolute atomic E-state index is 12.2. The molecule has 1 aliphatic carbocycles. The summed E-state index contributed by atoms with van der Waals surface area (Å²) in [6.45, 7) is 2.08. The summed E-state index contributed by atoms with van der Waals surface area (Å²) in [5.41, 5.74) is 0.607. The van der Waals surface area contributed by atoms with Gasteiger partial charge in [0.05, 0.1) is 0 Å². The number of piperidine rings is 1. The Morgan fingerprint density at radius 1 is 1.45 bits per heavy atom. The monoisotopic (exact) mass is 276 g/mol. The number of hydrogen-bond acceptors (Lipinski definition) is 3. The van der Waals surface area contributed by atoms with Gasteiger partial charge in [0.2, 0.25) is 5.91 Å². The molecule has 0 bridgehead atoms. The van der Waals surface area contributed by atoms with Gasteiger partial charge in [0.15, 0.2) is 0 Å². The highest BCUT2D eigenvalue weighted by Gasteiger charge is 2.33. The van der Waals surface area contributed by atoms with Crippen LogP contribution in [0.25, 0.3) is 0 Å². The number of imide groups is 1. The van der Waals surface area contributed by atoms with E-state index in [1.54, 1.807) is 6.08 Å². The molecule has 1 N–H and O–H groups in total. The number of nitrogens with zero attached hydrogens (tertiary/aromatic N) is 1. The van der Waals surface area contributed by atoms with E-state index in [1.807, 2.05) is 12.2 Å². The highest BCUT2D eigenvalue weighted by Crippen LogP contribution is 2.20. The van der Waals surface area contributed by atoms with Crippen LogP contribution < -0.4 is 5.32 Å². The van der Waals surface area contributed by atoms with E-state index in [1.165, 1.54) is 7.05 Å². The van der Waals surface area contributed by atoms with Gasteiger partial charge in [-0.15, -0.1) is 0 Å². The lowest BCUT2D eigenvalue weighted by molar-refractivity contribution is -0.149. The Morgan fingerprint density at radius 3 is 2.90 bits per heavy atom. The summed E-state index contributed by atoms with van der Waals surface area (Å²) in [6, 6.07) is -0.596. The summed E-state index contributed by atoms with van der Waals surface area (Å²) in [5, 5.41) is 2.73. The van der Waals surface area contributed by atoms with Crippen LogP contribution in [0.2, 0.25) is 0 Å². The minimum atomic E-state index is -0.596. The molecule has 0 saturated carbocycles. The van der Waals surface area contributed by atoms with Crippen molar-refractivity contribution in [3.05, 3.63) is 23.8 Å². The lowest BCUT2D eigenvalue weighted by atomic mass is 9.93. The standard InChI is InChI=1S/C15H20N2O3/c1-3-10-5-4-6-11(9-10)14(19)16-12-7-8-13(18)17(2)15(12)20/h4,6,9-10,12H,3,5,7-8H2,1-2H3,(H,16,19).